The highest BCUT2D eigenvalue weighted by molar-refractivity contribution is 5.78. The van der Waals surface area contributed by atoms with Gasteiger partial charge in [0.05, 0.1) is 18.1 Å². The van der Waals surface area contributed by atoms with Gasteiger partial charge in [0.1, 0.15) is 19.0 Å². The summed E-state index contributed by atoms with van der Waals surface area (Å²) in [6.45, 7) is -0.140. The van der Waals surface area contributed by atoms with Crippen molar-refractivity contribution in [2.75, 3.05) is 7.11 Å². The van der Waals surface area contributed by atoms with E-state index in [0.29, 0.717) is 5.82 Å². The zero-order valence-corrected chi connectivity index (χ0v) is 8.88. The third-order valence-electron chi connectivity index (χ3n) is 2.39. The van der Waals surface area contributed by atoms with E-state index in [1.54, 1.807) is 4.57 Å². The van der Waals surface area contributed by atoms with E-state index in [-0.39, 0.29) is 19.1 Å². The molecule has 84 valence electrons. The number of rotatable bonds is 3. The summed E-state index contributed by atoms with van der Waals surface area (Å²) < 4.78 is 6.26. The Balaban J connectivity index is 2.51. The number of aliphatic hydroxyl groups is 1. The molecule has 5 heteroatoms. The van der Waals surface area contributed by atoms with E-state index in [1.165, 1.54) is 7.11 Å². The molecule has 0 fully saturated rings. The zero-order chi connectivity index (χ0) is 11.5. The average molecular weight is 220 g/mol. The second kappa shape index (κ2) is 4.32. The molecule has 0 atom stereocenters. The van der Waals surface area contributed by atoms with Crippen molar-refractivity contribution in [1.82, 2.24) is 9.55 Å². The van der Waals surface area contributed by atoms with E-state index in [1.807, 2.05) is 24.3 Å². The molecule has 0 saturated heterocycles. The number of carbonyl (C=O) groups is 1. The SMILES string of the molecule is COC(=O)Cn1c(CO)nc2ccccc21. The number of methoxy groups -OCH3 is 1. The number of para-hydroxylation sites is 2. The van der Waals surface area contributed by atoms with Crippen molar-refractivity contribution in [3.63, 3.8) is 0 Å². The molecule has 0 unspecified atom stereocenters. The van der Waals surface area contributed by atoms with Crippen molar-refractivity contribution in [1.29, 1.82) is 0 Å². The second-order valence-electron chi connectivity index (χ2n) is 3.34. The highest BCUT2D eigenvalue weighted by atomic mass is 16.5. The third kappa shape index (κ3) is 1.77. The normalized spacial score (nSPS) is 10.6. The monoisotopic (exact) mass is 220 g/mol. The Labute approximate surface area is 92.3 Å². The molecule has 0 spiro atoms. The van der Waals surface area contributed by atoms with Crippen LogP contribution in [0.4, 0.5) is 0 Å². The maximum atomic E-state index is 11.2. The second-order valence-corrected chi connectivity index (χ2v) is 3.34. The number of esters is 1. The first kappa shape index (κ1) is 10.6. The highest BCUT2D eigenvalue weighted by Crippen LogP contribution is 2.15. The predicted molar refractivity (Wildman–Crippen MR) is 57.7 cm³/mol. The van der Waals surface area contributed by atoms with Crippen molar-refractivity contribution in [3.05, 3.63) is 30.1 Å². The lowest BCUT2D eigenvalue weighted by atomic mass is 10.3. The topological polar surface area (TPSA) is 64.3 Å². The number of aromatic nitrogens is 2. The number of aliphatic hydroxyl groups excluding tert-OH is 1. The molecule has 1 N–H and O–H groups in total. The van der Waals surface area contributed by atoms with Crippen LogP contribution in [0.3, 0.4) is 0 Å². The van der Waals surface area contributed by atoms with Gasteiger partial charge in [-0.25, -0.2) is 4.98 Å². The van der Waals surface area contributed by atoms with Crippen molar-refractivity contribution < 1.29 is 14.6 Å². The van der Waals surface area contributed by atoms with Gasteiger partial charge in [-0.2, -0.15) is 0 Å². The van der Waals surface area contributed by atoms with Gasteiger partial charge in [-0.05, 0) is 12.1 Å². The maximum absolute atomic E-state index is 11.2. The molecule has 0 aliphatic carbocycles. The number of ether oxygens (including phenoxy) is 1. The summed E-state index contributed by atoms with van der Waals surface area (Å²) in [6, 6.07) is 7.41. The molecule has 0 saturated carbocycles. The van der Waals surface area contributed by atoms with Gasteiger partial charge in [0, 0.05) is 0 Å². The van der Waals surface area contributed by atoms with Crippen LogP contribution in [0.25, 0.3) is 11.0 Å². The highest BCUT2D eigenvalue weighted by Gasteiger charge is 2.12. The van der Waals surface area contributed by atoms with Gasteiger partial charge < -0.3 is 14.4 Å². The van der Waals surface area contributed by atoms with Gasteiger partial charge in [-0.1, -0.05) is 12.1 Å². The van der Waals surface area contributed by atoms with E-state index >= 15 is 0 Å². The van der Waals surface area contributed by atoms with E-state index < -0.39 is 0 Å². The van der Waals surface area contributed by atoms with Gasteiger partial charge >= 0.3 is 5.97 Å². The first-order chi connectivity index (χ1) is 7.76. The van der Waals surface area contributed by atoms with Crippen molar-refractivity contribution in [2.45, 2.75) is 13.2 Å². The largest absolute Gasteiger partial charge is 0.468 e. The van der Waals surface area contributed by atoms with Crippen LogP contribution in [-0.4, -0.2) is 27.7 Å². The predicted octanol–water partition coefficient (Wildman–Crippen LogP) is 0.702. The minimum atomic E-state index is -0.363. The summed E-state index contributed by atoms with van der Waals surface area (Å²) in [7, 11) is 1.33. The Kier molecular flexibility index (Phi) is 2.87. The van der Waals surface area contributed by atoms with Gasteiger partial charge in [-0.15, -0.1) is 0 Å². The molecule has 5 nitrogen and oxygen atoms in total. The lowest BCUT2D eigenvalue weighted by molar-refractivity contribution is -0.141. The van der Waals surface area contributed by atoms with Crippen LogP contribution in [0.15, 0.2) is 24.3 Å². The summed E-state index contributed by atoms with van der Waals surface area (Å²) in [5.41, 5.74) is 1.58. The molecule has 0 amide bonds. The van der Waals surface area contributed by atoms with Crippen LogP contribution >= 0.6 is 0 Å². The summed E-state index contributed by atoms with van der Waals surface area (Å²) in [5, 5.41) is 9.17. The molecular formula is C11H12N2O3. The van der Waals surface area contributed by atoms with Crippen LogP contribution < -0.4 is 0 Å². The lowest BCUT2D eigenvalue weighted by Crippen LogP contribution is -2.14. The third-order valence-corrected chi connectivity index (χ3v) is 2.39. The minimum Gasteiger partial charge on any atom is -0.468 e. The fourth-order valence-corrected chi connectivity index (χ4v) is 1.62. The number of hydrogen-bond donors (Lipinski definition) is 1. The Bertz CT molecular complexity index is 519. The molecule has 2 rings (SSSR count). The Morgan fingerprint density at radius 2 is 2.25 bits per heavy atom. The molecule has 0 aliphatic heterocycles. The summed E-state index contributed by atoms with van der Waals surface area (Å²) in [4.78, 5) is 15.5. The molecule has 1 aromatic carbocycles. The van der Waals surface area contributed by atoms with Crippen molar-refractivity contribution in [3.8, 4) is 0 Å². The quantitative estimate of drug-likeness (QED) is 0.773. The standard InChI is InChI=1S/C11H12N2O3/c1-16-11(15)6-13-9-5-3-2-4-8(9)12-10(13)7-14/h2-5,14H,6-7H2,1H3. The van der Waals surface area contributed by atoms with E-state index in [4.69, 9.17) is 5.11 Å². The van der Waals surface area contributed by atoms with Crippen LogP contribution in [0.5, 0.6) is 0 Å². The minimum absolute atomic E-state index is 0.0624. The molecule has 16 heavy (non-hydrogen) atoms. The maximum Gasteiger partial charge on any atom is 0.325 e. The molecule has 0 bridgehead atoms. The van der Waals surface area contributed by atoms with Crippen molar-refractivity contribution >= 4 is 17.0 Å². The van der Waals surface area contributed by atoms with Crippen LogP contribution in [0.1, 0.15) is 5.82 Å². The number of imidazole rings is 1. The van der Waals surface area contributed by atoms with E-state index in [9.17, 15) is 4.79 Å². The molecular weight excluding hydrogens is 208 g/mol. The smallest absolute Gasteiger partial charge is 0.325 e. The number of hydrogen-bond acceptors (Lipinski definition) is 4. The number of benzene rings is 1. The number of carbonyl (C=O) groups excluding carboxylic acids is 1. The Morgan fingerprint density at radius 3 is 2.94 bits per heavy atom. The zero-order valence-electron chi connectivity index (χ0n) is 8.88. The van der Waals surface area contributed by atoms with Crippen LogP contribution in [0, 0.1) is 0 Å². The van der Waals surface area contributed by atoms with E-state index in [0.717, 1.165) is 11.0 Å². The summed E-state index contributed by atoms with van der Waals surface area (Å²) >= 11 is 0. The summed E-state index contributed by atoms with van der Waals surface area (Å²) in [6.07, 6.45) is 0. The van der Waals surface area contributed by atoms with Gasteiger partial charge in [-0.3, -0.25) is 4.79 Å². The first-order valence-corrected chi connectivity index (χ1v) is 4.88. The fourth-order valence-electron chi connectivity index (χ4n) is 1.62. The molecule has 0 aliphatic rings. The fraction of sp³-hybridized carbons (Fsp3) is 0.273. The van der Waals surface area contributed by atoms with Gasteiger partial charge in [0.15, 0.2) is 0 Å². The lowest BCUT2D eigenvalue weighted by Gasteiger charge is -2.05. The van der Waals surface area contributed by atoms with Gasteiger partial charge in [0.2, 0.25) is 0 Å². The Morgan fingerprint density at radius 1 is 1.50 bits per heavy atom. The van der Waals surface area contributed by atoms with Crippen LogP contribution in [0.2, 0.25) is 0 Å². The average Bonchev–Trinajstić information content (AvgIpc) is 2.67. The summed E-state index contributed by atoms with van der Waals surface area (Å²) in [5.74, 6) is 0.101. The molecule has 0 radical (unpaired) electrons. The molecule has 2 aromatic rings. The Hall–Kier alpha value is -1.88. The van der Waals surface area contributed by atoms with Crippen LogP contribution in [-0.2, 0) is 22.7 Å². The number of fused-ring (bicyclic) bond motifs is 1. The molecule has 1 aromatic heterocycles. The van der Waals surface area contributed by atoms with E-state index in [2.05, 4.69) is 9.72 Å². The van der Waals surface area contributed by atoms with Crippen molar-refractivity contribution in [2.24, 2.45) is 0 Å². The first-order valence-electron chi connectivity index (χ1n) is 4.88. The number of nitrogens with zero attached hydrogens (tertiary/aromatic N) is 2. The molecule has 1 heterocycles. The van der Waals surface area contributed by atoms with Gasteiger partial charge in [0.25, 0.3) is 0 Å².